The first kappa shape index (κ1) is 13.0. The highest BCUT2D eigenvalue weighted by Gasteiger charge is 2.36. The minimum Gasteiger partial charge on any atom is -0.396 e. The van der Waals surface area contributed by atoms with Gasteiger partial charge >= 0.3 is 0 Å². The van der Waals surface area contributed by atoms with Crippen LogP contribution in [0.2, 0.25) is 0 Å². The summed E-state index contributed by atoms with van der Waals surface area (Å²) in [5, 5.41) is 9.76. The number of aliphatic hydroxyl groups excluding tert-OH is 1. The Bertz CT molecular complexity index is 155. The summed E-state index contributed by atoms with van der Waals surface area (Å²) in [5.41, 5.74) is 0.260. The Morgan fingerprint density at radius 3 is 2.27 bits per heavy atom. The molecule has 0 spiro atoms. The summed E-state index contributed by atoms with van der Waals surface area (Å²) in [5.74, 6) is 0.799. The molecule has 90 valence electrons. The van der Waals surface area contributed by atoms with Gasteiger partial charge in [0.15, 0.2) is 0 Å². The summed E-state index contributed by atoms with van der Waals surface area (Å²) in [6, 6.07) is 0. The van der Waals surface area contributed by atoms with Crippen LogP contribution in [0, 0.1) is 11.3 Å². The van der Waals surface area contributed by atoms with E-state index in [1.807, 2.05) is 0 Å². The third-order valence-electron chi connectivity index (χ3n) is 4.52. The normalized spacial score (nSPS) is 22.6. The molecule has 0 heterocycles. The van der Waals surface area contributed by atoms with E-state index in [4.69, 9.17) is 0 Å². The maximum absolute atomic E-state index is 9.76. The molecule has 1 aliphatic carbocycles. The molecule has 0 aliphatic heterocycles. The molecule has 0 radical (unpaired) electrons. The Hall–Kier alpha value is -0.0400. The summed E-state index contributed by atoms with van der Waals surface area (Å²) >= 11 is 0. The van der Waals surface area contributed by atoms with Gasteiger partial charge in [-0.3, -0.25) is 0 Å². The van der Waals surface area contributed by atoms with Crippen LogP contribution in [0.5, 0.6) is 0 Å². The van der Waals surface area contributed by atoms with Gasteiger partial charge in [0.05, 0.1) is 0 Å². The number of aliphatic hydroxyl groups is 1. The summed E-state index contributed by atoms with van der Waals surface area (Å²) in [7, 11) is 0. The van der Waals surface area contributed by atoms with Crippen LogP contribution in [0.15, 0.2) is 0 Å². The van der Waals surface area contributed by atoms with E-state index < -0.39 is 0 Å². The minimum absolute atomic E-state index is 0.260. The molecule has 0 aromatic rings. The lowest BCUT2D eigenvalue weighted by atomic mass is 9.65. The summed E-state index contributed by atoms with van der Waals surface area (Å²) < 4.78 is 0. The molecule has 0 bridgehead atoms. The van der Waals surface area contributed by atoms with Gasteiger partial charge in [-0.2, -0.15) is 0 Å². The van der Waals surface area contributed by atoms with Gasteiger partial charge in [-0.1, -0.05) is 46.0 Å². The quantitative estimate of drug-likeness (QED) is 0.701. The first-order chi connectivity index (χ1) is 7.29. The molecule has 1 nitrogen and oxygen atoms in total. The Balaban J connectivity index is 2.59. The lowest BCUT2D eigenvalue weighted by molar-refractivity contribution is 0.0258. The molecule has 15 heavy (non-hydrogen) atoms. The van der Waals surface area contributed by atoms with Crippen molar-refractivity contribution in [1.82, 2.24) is 0 Å². The number of rotatable bonds is 6. The zero-order valence-electron chi connectivity index (χ0n) is 10.6. The van der Waals surface area contributed by atoms with Crippen LogP contribution in [-0.4, -0.2) is 11.7 Å². The molecule has 1 fully saturated rings. The molecule has 0 aromatic carbocycles. The highest BCUT2D eigenvalue weighted by molar-refractivity contribution is 4.86. The van der Waals surface area contributed by atoms with E-state index in [-0.39, 0.29) is 5.41 Å². The summed E-state index contributed by atoms with van der Waals surface area (Å²) in [4.78, 5) is 0. The minimum atomic E-state index is 0.260. The third kappa shape index (κ3) is 3.21. The van der Waals surface area contributed by atoms with E-state index in [2.05, 4.69) is 13.8 Å². The van der Waals surface area contributed by atoms with Crippen molar-refractivity contribution < 1.29 is 5.11 Å². The molecular formula is C14H28O. The monoisotopic (exact) mass is 212 g/mol. The Kier molecular flexibility index (Phi) is 5.66. The SMILES string of the molecule is CCCCC(CC)(CO)C1CCCCC1. The van der Waals surface area contributed by atoms with Gasteiger partial charge in [0, 0.05) is 6.61 Å². The largest absolute Gasteiger partial charge is 0.396 e. The summed E-state index contributed by atoms with van der Waals surface area (Å²) in [6.07, 6.45) is 11.8. The molecule has 1 rings (SSSR count). The van der Waals surface area contributed by atoms with E-state index in [1.165, 1.54) is 51.4 Å². The van der Waals surface area contributed by atoms with Gasteiger partial charge < -0.3 is 5.11 Å². The number of hydrogen-bond acceptors (Lipinski definition) is 1. The van der Waals surface area contributed by atoms with E-state index in [0.29, 0.717) is 6.61 Å². The van der Waals surface area contributed by atoms with Gasteiger partial charge in [0.25, 0.3) is 0 Å². The topological polar surface area (TPSA) is 20.2 Å². The van der Waals surface area contributed by atoms with Crippen LogP contribution in [0.3, 0.4) is 0 Å². The second-order valence-corrected chi connectivity index (χ2v) is 5.31. The van der Waals surface area contributed by atoms with Crippen LogP contribution < -0.4 is 0 Å². The molecule has 1 saturated carbocycles. The van der Waals surface area contributed by atoms with E-state index in [1.54, 1.807) is 0 Å². The molecule has 0 saturated heterocycles. The number of hydrogen-bond donors (Lipinski definition) is 1. The van der Waals surface area contributed by atoms with Crippen molar-refractivity contribution >= 4 is 0 Å². The molecule has 1 aliphatic rings. The molecular weight excluding hydrogens is 184 g/mol. The second kappa shape index (κ2) is 6.52. The number of unbranched alkanes of at least 4 members (excludes halogenated alkanes) is 1. The Labute approximate surface area is 95.3 Å². The fourth-order valence-electron chi connectivity index (χ4n) is 3.23. The lowest BCUT2D eigenvalue weighted by Gasteiger charge is -2.41. The van der Waals surface area contributed by atoms with Crippen molar-refractivity contribution in [1.29, 1.82) is 0 Å². The highest BCUT2D eigenvalue weighted by atomic mass is 16.3. The fourth-order valence-corrected chi connectivity index (χ4v) is 3.23. The Morgan fingerprint density at radius 1 is 1.13 bits per heavy atom. The van der Waals surface area contributed by atoms with Crippen molar-refractivity contribution in [2.75, 3.05) is 6.61 Å². The van der Waals surface area contributed by atoms with Crippen molar-refractivity contribution in [3.05, 3.63) is 0 Å². The first-order valence-electron chi connectivity index (χ1n) is 6.90. The Morgan fingerprint density at radius 2 is 1.80 bits per heavy atom. The molecule has 1 N–H and O–H groups in total. The second-order valence-electron chi connectivity index (χ2n) is 5.31. The molecule has 0 aromatic heterocycles. The van der Waals surface area contributed by atoms with Crippen LogP contribution >= 0.6 is 0 Å². The highest BCUT2D eigenvalue weighted by Crippen LogP contribution is 2.44. The molecule has 1 unspecified atom stereocenters. The molecule has 0 amide bonds. The maximum Gasteiger partial charge on any atom is 0.0489 e. The molecule has 1 atom stereocenters. The average Bonchev–Trinajstić information content (AvgIpc) is 2.33. The first-order valence-corrected chi connectivity index (χ1v) is 6.90. The maximum atomic E-state index is 9.76. The molecule has 1 heteroatoms. The third-order valence-corrected chi connectivity index (χ3v) is 4.52. The van der Waals surface area contributed by atoms with Gasteiger partial charge in [-0.25, -0.2) is 0 Å². The van der Waals surface area contributed by atoms with Crippen LogP contribution in [-0.2, 0) is 0 Å². The van der Waals surface area contributed by atoms with Gasteiger partial charge in [-0.05, 0) is 37.0 Å². The van der Waals surface area contributed by atoms with Crippen LogP contribution in [0.25, 0.3) is 0 Å². The fraction of sp³-hybridized carbons (Fsp3) is 1.00. The van der Waals surface area contributed by atoms with Crippen molar-refractivity contribution in [3.8, 4) is 0 Å². The van der Waals surface area contributed by atoms with Crippen molar-refractivity contribution in [2.45, 2.75) is 71.6 Å². The zero-order valence-corrected chi connectivity index (χ0v) is 10.6. The average molecular weight is 212 g/mol. The van der Waals surface area contributed by atoms with E-state index in [9.17, 15) is 5.11 Å². The standard InChI is InChI=1S/C14H28O/c1-3-5-11-14(4-2,12-15)13-9-7-6-8-10-13/h13,15H,3-12H2,1-2H3. The van der Waals surface area contributed by atoms with Gasteiger partial charge in [-0.15, -0.1) is 0 Å². The summed E-state index contributed by atoms with van der Waals surface area (Å²) in [6.45, 7) is 4.92. The van der Waals surface area contributed by atoms with E-state index in [0.717, 1.165) is 12.3 Å². The van der Waals surface area contributed by atoms with Crippen LogP contribution in [0.1, 0.15) is 71.6 Å². The smallest absolute Gasteiger partial charge is 0.0489 e. The van der Waals surface area contributed by atoms with Crippen LogP contribution in [0.4, 0.5) is 0 Å². The predicted octanol–water partition coefficient (Wildman–Crippen LogP) is 4.15. The van der Waals surface area contributed by atoms with Gasteiger partial charge in [0.1, 0.15) is 0 Å². The van der Waals surface area contributed by atoms with E-state index >= 15 is 0 Å². The lowest BCUT2D eigenvalue weighted by Crippen LogP contribution is -2.35. The predicted molar refractivity (Wildman–Crippen MR) is 65.9 cm³/mol. The van der Waals surface area contributed by atoms with Crippen molar-refractivity contribution in [2.24, 2.45) is 11.3 Å². The van der Waals surface area contributed by atoms with Gasteiger partial charge in [0.2, 0.25) is 0 Å². The zero-order chi connectivity index (χ0) is 11.1. The van der Waals surface area contributed by atoms with Crippen molar-refractivity contribution in [3.63, 3.8) is 0 Å².